The van der Waals surface area contributed by atoms with E-state index < -0.39 is 5.82 Å². The first kappa shape index (κ1) is 14.8. The highest BCUT2D eigenvalue weighted by molar-refractivity contribution is 6.30. The van der Waals surface area contributed by atoms with Crippen LogP contribution in [0, 0.1) is 5.82 Å². The third kappa shape index (κ3) is 3.36. The summed E-state index contributed by atoms with van der Waals surface area (Å²) < 4.78 is 14.4. The Labute approximate surface area is 133 Å². The van der Waals surface area contributed by atoms with Crippen molar-refractivity contribution in [1.29, 1.82) is 0 Å². The van der Waals surface area contributed by atoms with Crippen LogP contribution in [0.4, 0.5) is 4.39 Å². The van der Waals surface area contributed by atoms with Gasteiger partial charge in [0.1, 0.15) is 5.82 Å². The van der Waals surface area contributed by atoms with Crippen LogP contribution in [-0.2, 0) is 6.42 Å². The predicted octanol–water partition coefficient (Wildman–Crippen LogP) is 2.71. The Kier molecular flexibility index (Phi) is 4.53. The molecule has 22 heavy (non-hydrogen) atoms. The third-order valence-electron chi connectivity index (χ3n) is 3.53. The van der Waals surface area contributed by atoms with Gasteiger partial charge in [-0.25, -0.2) is 4.39 Å². The second-order valence-corrected chi connectivity index (χ2v) is 5.46. The van der Waals surface area contributed by atoms with Gasteiger partial charge in [0, 0.05) is 24.5 Å². The van der Waals surface area contributed by atoms with E-state index in [1.165, 1.54) is 0 Å². The van der Waals surface area contributed by atoms with Crippen molar-refractivity contribution in [2.45, 2.75) is 12.5 Å². The molecule has 0 saturated carbocycles. The van der Waals surface area contributed by atoms with Crippen LogP contribution < -0.4 is 10.6 Å². The molecule has 0 fully saturated rings. The van der Waals surface area contributed by atoms with Crippen molar-refractivity contribution in [2.75, 3.05) is 13.1 Å². The summed E-state index contributed by atoms with van der Waals surface area (Å²) in [5.41, 5.74) is 1.59. The lowest BCUT2D eigenvalue weighted by Crippen LogP contribution is -2.37. The molecule has 0 bridgehead atoms. The van der Waals surface area contributed by atoms with Crippen molar-refractivity contribution in [3.05, 3.63) is 64.7 Å². The third-order valence-corrected chi connectivity index (χ3v) is 3.82. The number of aromatic nitrogens is 1. The maximum atomic E-state index is 14.4. The van der Waals surface area contributed by atoms with Crippen LogP contribution in [0.3, 0.4) is 0 Å². The number of aliphatic imine (C=N–C) groups is 1. The minimum absolute atomic E-state index is 0.125. The fourth-order valence-corrected chi connectivity index (χ4v) is 2.62. The number of halogens is 2. The van der Waals surface area contributed by atoms with E-state index in [0.717, 1.165) is 18.7 Å². The number of rotatable bonds is 4. The van der Waals surface area contributed by atoms with Crippen LogP contribution in [0.2, 0.25) is 5.02 Å². The Bertz CT molecular complexity index is 675. The average molecular weight is 319 g/mol. The number of hydrogen-bond acceptors (Lipinski definition) is 4. The van der Waals surface area contributed by atoms with Gasteiger partial charge in [0.15, 0.2) is 5.96 Å². The average Bonchev–Trinajstić information content (AvgIpc) is 3.03. The second kappa shape index (κ2) is 6.75. The maximum Gasteiger partial charge on any atom is 0.191 e. The topological polar surface area (TPSA) is 49.3 Å². The number of nitrogens with zero attached hydrogens (tertiary/aromatic N) is 2. The molecule has 0 unspecified atom stereocenters. The lowest BCUT2D eigenvalue weighted by atomic mass is 9.99. The first-order chi connectivity index (χ1) is 10.7. The number of nitrogens with one attached hydrogen (secondary N) is 2. The Morgan fingerprint density at radius 1 is 1.27 bits per heavy atom. The Hall–Kier alpha value is -2.14. The first-order valence-electron chi connectivity index (χ1n) is 7.11. The summed E-state index contributed by atoms with van der Waals surface area (Å²) in [6, 6.07) is 8.63. The number of hydrogen-bond donors (Lipinski definition) is 2. The zero-order valence-corrected chi connectivity index (χ0v) is 12.6. The van der Waals surface area contributed by atoms with Gasteiger partial charge in [-0.2, -0.15) is 0 Å². The summed E-state index contributed by atoms with van der Waals surface area (Å²) in [6.45, 7) is 1.52. The minimum atomic E-state index is -0.394. The van der Waals surface area contributed by atoms with Crippen LogP contribution in [0.5, 0.6) is 0 Å². The van der Waals surface area contributed by atoms with E-state index in [1.807, 2.05) is 12.1 Å². The Balaban J connectivity index is 1.89. The molecule has 1 aliphatic heterocycles. The largest absolute Gasteiger partial charge is 0.355 e. The number of pyridine rings is 1. The summed E-state index contributed by atoms with van der Waals surface area (Å²) in [5.74, 6) is 0.299. The molecule has 2 heterocycles. The van der Waals surface area contributed by atoms with Gasteiger partial charge in [-0.05, 0) is 30.2 Å². The Morgan fingerprint density at radius 3 is 2.82 bits per heavy atom. The first-order valence-corrected chi connectivity index (χ1v) is 7.49. The zero-order chi connectivity index (χ0) is 15.4. The SMILES string of the molecule is Fc1c(Cl)cccc1[C@H](Cc1ccncc1)NC1=NCCN1. The van der Waals surface area contributed by atoms with Crippen LogP contribution >= 0.6 is 11.6 Å². The van der Waals surface area contributed by atoms with E-state index in [-0.39, 0.29) is 11.1 Å². The lowest BCUT2D eigenvalue weighted by Gasteiger charge is -2.21. The van der Waals surface area contributed by atoms with E-state index in [2.05, 4.69) is 20.6 Å². The molecule has 2 N–H and O–H groups in total. The minimum Gasteiger partial charge on any atom is -0.355 e. The summed E-state index contributed by atoms with van der Waals surface area (Å²) in [7, 11) is 0. The summed E-state index contributed by atoms with van der Waals surface area (Å²) >= 11 is 5.92. The van der Waals surface area contributed by atoms with Crippen molar-refractivity contribution in [2.24, 2.45) is 4.99 Å². The molecule has 0 spiro atoms. The monoisotopic (exact) mass is 318 g/mol. The molecule has 4 nitrogen and oxygen atoms in total. The van der Waals surface area contributed by atoms with Crippen LogP contribution in [0.25, 0.3) is 0 Å². The predicted molar refractivity (Wildman–Crippen MR) is 85.5 cm³/mol. The second-order valence-electron chi connectivity index (χ2n) is 5.06. The molecule has 1 aliphatic rings. The van der Waals surface area contributed by atoms with Crippen molar-refractivity contribution < 1.29 is 4.39 Å². The van der Waals surface area contributed by atoms with Gasteiger partial charge >= 0.3 is 0 Å². The van der Waals surface area contributed by atoms with E-state index >= 15 is 0 Å². The standard InChI is InChI=1S/C16H16ClFN4/c17-13-3-1-2-12(15(13)18)14(22-16-20-8-9-21-16)10-11-4-6-19-7-5-11/h1-7,14H,8-10H2,(H2,20,21,22)/t14-/m0/s1. The maximum absolute atomic E-state index is 14.4. The fraction of sp³-hybridized carbons (Fsp3) is 0.250. The molecule has 3 rings (SSSR count). The van der Waals surface area contributed by atoms with Gasteiger partial charge in [0.05, 0.1) is 17.6 Å². The summed E-state index contributed by atoms with van der Waals surface area (Å²) in [4.78, 5) is 8.33. The van der Waals surface area contributed by atoms with Crippen LogP contribution in [-0.4, -0.2) is 24.0 Å². The van der Waals surface area contributed by atoms with Gasteiger partial charge in [0.2, 0.25) is 0 Å². The molecular weight excluding hydrogens is 303 g/mol. The fourth-order valence-electron chi connectivity index (χ4n) is 2.44. The number of benzene rings is 1. The highest BCUT2D eigenvalue weighted by Gasteiger charge is 2.20. The highest BCUT2D eigenvalue weighted by Crippen LogP contribution is 2.26. The molecule has 1 atom stereocenters. The zero-order valence-electron chi connectivity index (χ0n) is 11.9. The summed E-state index contributed by atoms with van der Waals surface area (Å²) in [6.07, 6.45) is 4.07. The van der Waals surface area contributed by atoms with E-state index in [0.29, 0.717) is 17.9 Å². The van der Waals surface area contributed by atoms with Crippen molar-refractivity contribution in [3.63, 3.8) is 0 Å². The summed E-state index contributed by atoms with van der Waals surface area (Å²) in [5, 5.41) is 6.54. The molecular formula is C16H16ClFN4. The van der Waals surface area contributed by atoms with Gasteiger partial charge in [-0.15, -0.1) is 0 Å². The molecule has 0 amide bonds. The molecule has 0 radical (unpaired) electrons. The Morgan fingerprint density at radius 2 is 2.09 bits per heavy atom. The normalized spacial score (nSPS) is 15.1. The highest BCUT2D eigenvalue weighted by atomic mass is 35.5. The molecule has 1 aromatic carbocycles. The van der Waals surface area contributed by atoms with E-state index in [9.17, 15) is 4.39 Å². The van der Waals surface area contributed by atoms with Crippen molar-refractivity contribution >= 4 is 17.6 Å². The molecule has 0 aliphatic carbocycles. The molecule has 1 aromatic heterocycles. The van der Waals surface area contributed by atoms with Gasteiger partial charge in [0.25, 0.3) is 0 Å². The van der Waals surface area contributed by atoms with Crippen LogP contribution in [0.1, 0.15) is 17.2 Å². The van der Waals surface area contributed by atoms with Crippen LogP contribution in [0.15, 0.2) is 47.7 Å². The van der Waals surface area contributed by atoms with E-state index in [4.69, 9.17) is 11.6 Å². The number of guanidine groups is 1. The molecule has 2 aromatic rings. The van der Waals surface area contributed by atoms with Gasteiger partial charge < -0.3 is 10.6 Å². The molecule has 0 saturated heterocycles. The molecule has 6 heteroatoms. The van der Waals surface area contributed by atoms with Gasteiger partial charge in [-0.3, -0.25) is 9.98 Å². The van der Waals surface area contributed by atoms with Crippen molar-refractivity contribution in [1.82, 2.24) is 15.6 Å². The smallest absolute Gasteiger partial charge is 0.191 e. The lowest BCUT2D eigenvalue weighted by molar-refractivity contribution is 0.554. The molecule has 114 valence electrons. The quantitative estimate of drug-likeness (QED) is 0.911. The van der Waals surface area contributed by atoms with E-state index in [1.54, 1.807) is 30.6 Å². The van der Waals surface area contributed by atoms with Gasteiger partial charge in [-0.1, -0.05) is 23.7 Å². The van der Waals surface area contributed by atoms with Crippen molar-refractivity contribution in [3.8, 4) is 0 Å².